The summed E-state index contributed by atoms with van der Waals surface area (Å²) in [6, 6.07) is 16.3. The highest BCUT2D eigenvalue weighted by atomic mass is 16.6. The van der Waals surface area contributed by atoms with E-state index in [1.54, 1.807) is 0 Å². The average Bonchev–Trinajstić information content (AvgIpc) is 2.79. The number of hydrogen-bond acceptors (Lipinski definition) is 4. The van der Waals surface area contributed by atoms with Crippen molar-refractivity contribution in [3.05, 3.63) is 59.7 Å². The molecular formula is C24H27N3O3. The molecule has 3 aliphatic rings. The van der Waals surface area contributed by atoms with E-state index in [0.717, 1.165) is 62.3 Å². The molecule has 0 N–H and O–H groups in total. The lowest BCUT2D eigenvalue weighted by atomic mass is 10.00. The van der Waals surface area contributed by atoms with Crippen molar-refractivity contribution < 1.29 is 14.3 Å². The molecule has 0 aliphatic carbocycles. The molecule has 0 aromatic heterocycles. The Morgan fingerprint density at radius 1 is 0.933 bits per heavy atom. The van der Waals surface area contributed by atoms with Crippen molar-refractivity contribution in [3.63, 3.8) is 0 Å². The molecule has 1 saturated heterocycles. The molecule has 3 aliphatic heterocycles. The van der Waals surface area contributed by atoms with Gasteiger partial charge in [0.25, 0.3) is 0 Å². The molecule has 0 spiro atoms. The smallest absolute Gasteiger partial charge is 0.414 e. The molecular weight excluding hydrogens is 378 g/mol. The highest BCUT2D eigenvalue weighted by Gasteiger charge is 2.34. The first-order valence-electron chi connectivity index (χ1n) is 10.9. The molecule has 1 fully saturated rings. The minimum atomic E-state index is -0.256. The predicted octanol–water partition coefficient (Wildman–Crippen LogP) is 3.59. The Labute approximate surface area is 177 Å². The van der Waals surface area contributed by atoms with Crippen LogP contribution in [0, 0.1) is 0 Å². The molecule has 30 heavy (non-hydrogen) atoms. The number of benzene rings is 2. The first-order valence-corrected chi connectivity index (χ1v) is 10.9. The van der Waals surface area contributed by atoms with Crippen molar-refractivity contribution in [1.82, 2.24) is 4.90 Å². The molecule has 0 atom stereocenters. The first kappa shape index (κ1) is 19.1. The Bertz CT molecular complexity index is 952. The minimum absolute atomic E-state index is 0.112. The summed E-state index contributed by atoms with van der Waals surface area (Å²) < 4.78 is 5.39. The predicted molar refractivity (Wildman–Crippen MR) is 116 cm³/mol. The molecule has 2 amide bonds. The number of carbonyl (C=O) groups excluding carboxylic acids is 2. The zero-order valence-electron chi connectivity index (χ0n) is 17.1. The van der Waals surface area contributed by atoms with E-state index in [9.17, 15) is 9.59 Å². The summed E-state index contributed by atoms with van der Waals surface area (Å²) in [7, 11) is 0. The van der Waals surface area contributed by atoms with Gasteiger partial charge in [0.2, 0.25) is 5.91 Å². The van der Waals surface area contributed by atoms with Gasteiger partial charge in [-0.2, -0.15) is 0 Å². The fourth-order valence-corrected chi connectivity index (χ4v) is 4.93. The average molecular weight is 405 g/mol. The third-order valence-electron chi connectivity index (χ3n) is 6.49. The third kappa shape index (κ3) is 3.56. The van der Waals surface area contributed by atoms with Gasteiger partial charge < -0.3 is 9.64 Å². The maximum atomic E-state index is 13.0. The van der Waals surface area contributed by atoms with Crippen LogP contribution in [0.3, 0.4) is 0 Å². The monoisotopic (exact) mass is 405 g/mol. The van der Waals surface area contributed by atoms with Crippen LogP contribution in [0.5, 0.6) is 0 Å². The summed E-state index contributed by atoms with van der Waals surface area (Å²) in [5, 5.41) is 0. The van der Waals surface area contributed by atoms with Crippen molar-refractivity contribution in [2.75, 3.05) is 36.0 Å². The zero-order chi connectivity index (χ0) is 20.5. The van der Waals surface area contributed by atoms with Crippen LogP contribution in [0.2, 0.25) is 0 Å². The Morgan fingerprint density at radius 2 is 1.63 bits per heavy atom. The van der Waals surface area contributed by atoms with E-state index in [1.807, 2.05) is 46.2 Å². The number of amides is 2. The van der Waals surface area contributed by atoms with Crippen LogP contribution in [0.4, 0.5) is 16.2 Å². The number of fused-ring (bicyclic) bond motifs is 2. The summed E-state index contributed by atoms with van der Waals surface area (Å²) in [6.45, 7) is 3.18. The van der Waals surface area contributed by atoms with Gasteiger partial charge in [0, 0.05) is 36.9 Å². The summed E-state index contributed by atoms with van der Waals surface area (Å²) in [4.78, 5) is 31.5. The molecule has 5 rings (SSSR count). The van der Waals surface area contributed by atoms with Crippen LogP contribution in [-0.2, 0) is 22.6 Å². The lowest BCUT2D eigenvalue weighted by Gasteiger charge is -2.40. The van der Waals surface area contributed by atoms with Gasteiger partial charge in [-0.25, -0.2) is 4.79 Å². The van der Waals surface area contributed by atoms with E-state index in [-0.39, 0.29) is 18.0 Å². The van der Waals surface area contributed by atoms with E-state index in [4.69, 9.17) is 4.74 Å². The summed E-state index contributed by atoms with van der Waals surface area (Å²) >= 11 is 0. The number of hydrogen-bond donors (Lipinski definition) is 0. The van der Waals surface area contributed by atoms with Gasteiger partial charge in [-0.05, 0) is 43.4 Å². The first-order chi connectivity index (χ1) is 14.7. The van der Waals surface area contributed by atoms with Crippen LogP contribution < -0.4 is 9.80 Å². The SMILES string of the molecule is O=C(CN1CCC(N2C(=O)OCc3ccccc32)CC1)N1CCCc2ccccc21. The number of cyclic esters (lactones) is 1. The second-order valence-electron chi connectivity index (χ2n) is 8.34. The molecule has 6 heteroatoms. The third-order valence-corrected chi connectivity index (χ3v) is 6.49. The van der Waals surface area contributed by atoms with E-state index >= 15 is 0 Å². The van der Waals surface area contributed by atoms with Crippen molar-refractivity contribution in [1.29, 1.82) is 0 Å². The van der Waals surface area contributed by atoms with Gasteiger partial charge in [-0.3, -0.25) is 14.6 Å². The van der Waals surface area contributed by atoms with Crippen LogP contribution in [0.15, 0.2) is 48.5 Å². The highest BCUT2D eigenvalue weighted by molar-refractivity contribution is 5.96. The fourth-order valence-electron chi connectivity index (χ4n) is 4.93. The Hall–Kier alpha value is -2.86. The van der Waals surface area contributed by atoms with Crippen LogP contribution in [0.25, 0.3) is 0 Å². The Kier molecular flexibility index (Phi) is 5.17. The van der Waals surface area contributed by atoms with Gasteiger partial charge in [0.1, 0.15) is 6.61 Å². The van der Waals surface area contributed by atoms with E-state index < -0.39 is 0 Å². The van der Waals surface area contributed by atoms with E-state index in [1.165, 1.54) is 5.56 Å². The lowest BCUT2D eigenvalue weighted by molar-refractivity contribution is -0.120. The second-order valence-corrected chi connectivity index (χ2v) is 8.34. The van der Waals surface area contributed by atoms with Gasteiger partial charge in [-0.1, -0.05) is 36.4 Å². The molecule has 156 valence electrons. The van der Waals surface area contributed by atoms with Crippen molar-refractivity contribution in [2.45, 2.75) is 38.3 Å². The van der Waals surface area contributed by atoms with Crippen LogP contribution in [0.1, 0.15) is 30.4 Å². The topological polar surface area (TPSA) is 53.1 Å². The Balaban J connectivity index is 1.22. The molecule has 0 saturated carbocycles. The largest absolute Gasteiger partial charge is 0.444 e. The number of nitrogens with zero attached hydrogens (tertiary/aromatic N) is 3. The molecule has 2 aromatic rings. The lowest BCUT2D eigenvalue weighted by Crippen LogP contribution is -2.51. The summed E-state index contributed by atoms with van der Waals surface area (Å²) in [5.74, 6) is 0.170. The maximum Gasteiger partial charge on any atom is 0.414 e. The number of likely N-dealkylation sites (tertiary alicyclic amines) is 1. The second kappa shape index (κ2) is 8.11. The molecule has 0 unspecified atom stereocenters. The number of ether oxygens (including phenoxy) is 1. The van der Waals surface area contributed by atoms with Crippen molar-refractivity contribution in [3.8, 4) is 0 Å². The number of para-hydroxylation sites is 2. The van der Waals surface area contributed by atoms with Crippen molar-refractivity contribution >= 4 is 23.4 Å². The normalized spacial score (nSPS) is 19.8. The molecule has 3 heterocycles. The number of carbonyl (C=O) groups is 2. The van der Waals surface area contributed by atoms with Crippen LogP contribution >= 0.6 is 0 Å². The van der Waals surface area contributed by atoms with Gasteiger partial charge in [0.05, 0.1) is 12.2 Å². The van der Waals surface area contributed by atoms with Crippen molar-refractivity contribution in [2.24, 2.45) is 0 Å². The summed E-state index contributed by atoms with van der Waals surface area (Å²) in [5.41, 5.74) is 4.35. The van der Waals surface area contributed by atoms with Crippen LogP contribution in [-0.4, -0.2) is 49.1 Å². The number of piperidine rings is 1. The summed E-state index contributed by atoms with van der Waals surface area (Å²) in [6.07, 6.45) is 3.48. The van der Waals surface area contributed by atoms with Gasteiger partial charge in [0.15, 0.2) is 0 Å². The minimum Gasteiger partial charge on any atom is -0.444 e. The Morgan fingerprint density at radius 3 is 2.43 bits per heavy atom. The van der Waals surface area contributed by atoms with E-state index in [2.05, 4.69) is 17.0 Å². The molecule has 0 bridgehead atoms. The van der Waals surface area contributed by atoms with Gasteiger partial charge >= 0.3 is 6.09 Å². The maximum absolute atomic E-state index is 13.0. The number of rotatable bonds is 3. The highest BCUT2D eigenvalue weighted by Crippen LogP contribution is 2.32. The zero-order valence-corrected chi connectivity index (χ0v) is 17.1. The number of aryl methyl sites for hydroxylation is 1. The molecule has 6 nitrogen and oxygen atoms in total. The number of anilines is 2. The standard InChI is InChI=1S/C24H27N3O3/c28-23(26-13-5-8-18-6-1-3-9-21(18)26)16-25-14-11-20(12-15-25)27-22-10-4-2-7-19(22)17-30-24(27)29/h1-4,6-7,9-10,20H,5,8,11-17H2. The van der Waals surface area contributed by atoms with E-state index in [0.29, 0.717) is 13.2 Å². The molecule has 2 aromatic carbocycles. The quantitative estimate of drug-likeness (QED) is 0.783. The fraction of sp³-hybridized carbons (Fsp3) is 0.417. The molecule has 0 radical (unpaired) electrons. The van der Waals surface area contributed by atoms with Gasteiger partial charge in [-0.15, -0.1) is 0 Å².